The summed E-state index contributed by atoms with van der Waals surface area (Å²) in [5.41, 5.74) is 0. The van der Waals surface area contributed by atoms with Crippen molar-refractivity contribution in [3.8, 4) is 0 Å². The third kappa shape index (κ3) is 8.15. The molecule has 0 radical (unpaired) electrons. The molecular formula is C15H31BrN2. The Morgan fingerprint density at radius 2 is 1.56 bits per heavy atom. The lowest BCUT2D eigenvalue weighted by molar-refractivity contribution is -0.849. The fourth-order valence-electron chi connectivity index (χ4n) is 2.44. The SMILES string of the molecule is CCCCCCCCCC[NH+]1C=CN(CC)C1.[Br-]. The van der Waals surface area contributed by atoms with E-state index < -0.39 is 0 Å². The van der Waals surface area contributed by atoms with Crippen molar-refractivity contribution in [2.75, 3.05) is 19.8 Å². The number of halogens is 1. The second kappa shape index (κ2) is 12.0. The maximum Gasteiger partial charge on any atom is 0.156 e. The molecular weight excluding hydrogens is 288 g/mol. The van der Waals surface area contributed by atoms with Crippen LogP contribution in [-0.4, -0.2) is 24.7 Å². The first kappa shape index (κ1) is 18.0. The van der Waals surface area contributed by atoms with Gasteiger partial charge in [-0.25, -0.2) is 0 Å². The molecule has 0 amide bonds. The van der Waals surface area contributed by atoms with E-state index in [0.29, 0.717) is 0 Å². The summed E-state index contributed by atoms with van der Waals surface area (Å²) in [6, 6.07) is 0. The number of rotatable bonds is 10. The Labute approximate surface area is 124 Å². The maximum absolute atomic E-state index is 2.39. The average molecular weight is 319 g/mol. The second-order valence-corrected chi connectivity index (χ2v) is 5.26. The van der Waals surface area contributed by atoms with Gasteiger partial charge in [-0.1, -0.05) is 45.4 Å². The first-order valence-electron chi connectivity index (χ1n) is 7.63. The Bertz CT molecular complexity index is 207. The van der Waals surface area contributed by atoms with Crippen LogP contribution >= 0.6 is 0 Å². The Morgan fingerprint density at radius 3 is 2.11 bits per heavy atom. The highest BCUT2D eigenvalue weighted by Gasteiger charge is 2.14. The largest absolute Gasteiger partial charge is 1.00 e. The predicted octanol–water partition coefficient (Wildman–Crippen LogP) is -0.220. The minimum atomic E-state index is 0. The summed E-state index contributed by atoms with van der Waals surface area (Å²) in [6.07, 6.45) is 16.0. The van der Waals surface area contributed by atoms with Gasteiger partial charge < -0.3 is 21.9 Å². The quantitative estimate of drug-likeness (QED) is 0.547. The number of unbranched alkanes of at least 4 members (excludes halogenated alkanes) is 7. The Hall–Kier alpha value is -0.0200. The van der Waals surface area contributed by atoms with Crippen molar-refractivity contribution in [2.45, 2.75) is 65.2 Å². The molecule has 1 N–H and O–H groups in total. The van der Waals surface area contributed by atoms with Gasteiger partial charge in [-0.05, 0) is 19.8 Å². The summed E-state index contributed by atoms with van der Waals surface area (Å²) in [5.74, 6) is 0. The van der Waals surface area contributed by atoms with Crippen LogP contribution in [0.5, 0.6) is 0 Å². The van der Waals surface area contributed by atoms with Crippen molar-refractivity contribution >= 4 is 0 Å². The lowest BCUT2D eigenvalue weighted by Crippen LogP contribution is -3.07. The molecule has 1 aliphatic rings. The lowest BCUT2D eigenvalue weighted by Gasteiger charge is -2.14. The van der Waals surface area contributed by atoms with E-state index >= 15 is 0 Å². The predicted molar refractivity (Wildman–Crippen MR) is 74.8 cm³/mol. The molecule has 3 heteroatoms. The molecule has 1 atom stereocenters. The third-order valence-corrected chi connectivity index (χ3v) is 3.68. The highest BCUT2D eigenvalue weighted by molar-refractivity contribution is 4.76. The summed E-state index contributed by atoms with van der Waals surface area (Å²) in [4.78, 5) is 4.03. The zero-order chi connectivity index (χ0) is 12.3. The van der Waals surface area contributed by atoms with Gasteiger partial charge in [0.15, 0.2) is 6.67 Å². The van der Waals surface area contributed by atoms with Crippen LogP contribution in [0, 0.1) is 0 Å². The first-order valence-corrected chi connectivity index (χ1v) is 7.63. The van der Waals surface area contributed by atoms with E-state index in [0.717, 1.165) is 6.54 Å². The molecule has 108 valence electrons. The standard InChI is InChI=1S/C15H30N2.BrH/c1-3-5-6-7-8-9-10-11-12-17-14-13-16(4-2)15-17;/h13-14H,3-12,15H2,1-2H3;1H. The average Bonchev–Trinajstić information content (AvgIpc) is 2.80. The molecule has 0 saturated heterocycles. The van der Waals surface area contributed by atoms with Crippen LogP contribution in [0.15, 0.2) is 12.4 Å². The molecule has 1 unspecified atom stereocenters. The Morgan fingerprint density at radius 1 is 0.944 bits per heavy atom. The summed E-state index contributed by atoms with van der Waals surface area (Å²) in [7, 11) is 0. The van der Waals surface area contributed by atoms with Gasteiger partial charge in [0.25, 0.3) is 0 Å². The monoisotopic (exact) mass is 318 g/mol. The molecule has 0 aromatic carbocycles. The van der Waals surface area contributed by atoms with Crippen LogP contribution in [0.2, 0.25) is 0 Å². The minimum absolute atomic E-state index is 0. The zero-order valence-corrected chi connectivity index (χ0v) is 13.8. The van der Waals surface area contributed by atoms with E-state index in [1.165, 1.54) is 64.6 Å². The molecule has 0 bridgehead atoms. The number of hydrogen-bond donors (Lipinski definition) is 1. The van der Waals surface area contributed by atoms with E-state index in [4.69, 9.17) is 0 Å². The van der Waals surface area contributed by atoms with Gasteiger partial charge in [-0.3, -0.25) is 4.90 Å². The molecule has 0 aromatic rings. The fourth-order valence-corrected chi connectivity index (χ4v) is 2.44. The molecule has 2 nitrogen and oxygen atoms in total. The van der Waals surface area contributed by atoms with Gasteiger partial charge in [0.2, 0.25) is 0 Å². The summed E-state index contributed by atoms with van der Waals surface area (Å²) >= 11 is 0. The van der Waals surface area contributed by atoms with E-state index in [1.807, 2.05) is 0 Å². The minimum Gasteiger partial charge on any atom is -1.00 e. The summed E-state index contributed by atoms with van der Waals surface area (Å²) in [6.45, 7) is 8.17. The van der Waals surface area contributed by atoms with Gasteiger partial charge >= 0.3 is 0 Å². The third-order valence-electron chi connectivity index (χ3n) is 3.68. The Balaban J connectivity index is 0.00000289. The van der Waals surface area contributed by atoms with E-state index in [1.54, 1.807) is 4.90 Å². The van der Waals surface area contributed by atoms with Crippen molar-refractivity contribution in [3.63, 3.8) is 0 Å². The first-order chi connectivity index (χ1) is 8.36. The van der Waals surface area contributed by atoms with Crippen molar-refractivity contribution in [1.82, 2.24) is 4.90 Å². The summed E-state index contributed by atoms with van der Waals surface area (Å²) < 4.78 is 0. The molecule has 1 heterocycles. The van der Waals surface area contributed by atoms with Crippen LogP contribution in [0.25, 0.3) is 0 Å². The zero-order valence-electron chi connectivity index (χ0n) is 12.3. The van der Waals surface area contributed by atoms with E-state index in [-0.39, 0.29) is 17.0 Å². The van der Waals surface area contributed by atoms with Gasteiger partial charge in [0, 0.05) is 6.54 Å². The molecule has 1 rings (SSSR count). The molecule has 0 spiro atoms. The maximum atomic E-state index is 2.39. The number of quaternary nitrogens is 1. The molecule has 0 fully saturated rings. The van der Waals surface area contributed by atoms with Crippen LogP contribution in [-0.2, 0) is 0 Å². The normalized spacial score (nSPS) is 18.1. The molecule has 18 heavy (non-hydrogen) atoms. The van der Waals surface area contributed by atoms with Crippen LogP contribution in [0.4, 0.5) is 0 Å². The van der Waals surface area contributed by atoms with Crippen LogP contribution < -0.4 is 21.9 Å². The van der Waals surface area contributed by atoms with Crippen LogP contribution in [0.1, 0.15) is 65.2 Å². The van der Waals surface area contributed by atoms with Crippen molar-refractivity contribution < 1.29 is 21.9 Å². The summed E-state index contributed by atoms with van der Waals surface area (Å²) in [5, 5.41) is 0. The topological polar surface area (TPSA) is 7.68 Å². The van der Waals surface area contributed by atoms with Gasteiger partial charge in [-0.15, -0.1) is 0 Å². The van der Waals surface area contributed by atoms with Crippen molar-refractivity contribution in [1.29, 1.82) is 0 Å². The number of nitrogens with one attached hydrogen (secondary N) is 1. The second-order valence-electron chi connectivity index (χ2n) is 5.26. The molecule has 1 aliphatic heterocycles. The Kier molecular flexibility index (Phi) is 12.0. The highest BCUT2D eigenvalue weighted by atomic mass is 79.9. The van der Waals surface area contributed by atoms with Gasteiger partial charge in [-0.2, -0.15) is 0 Å². The fraction of sp³-hybridized carbons (Fsp3) is 0.867. The molecule has 0 saturated carbocycles. The molecule has 0 aliphatic carbocycles. The van der Waals surface area contributed by atoms with E-state index in [2.05, 4.69) is 31.1 Å². The van der Waals surface area contributed by atoms with Crippen molar-refractivity contribution in [3.05, 3.63) is 12.4 Å². The smallest absolute Gasteiger partial charge is 0.156 e. The molecule has 0 aromatic heterocycles. The highest BCUT2D eigenvalue weighted by Crippen LogP contribution is 2.07. The van der Waals surface area contributed by atoms with Gasteiger partial charge in [0.05, 0.1) is 12.7 Å². The van der Waals surface area contributed by atoms with E-state index in [9.17, 15) is 0 Å². The van der Waals surface area contributed by atoms with Crippen molar-refractivity contribution in [2.24, 2.45) is 0 Å². The van der Waals surface area contributed by atoms with Gasteiger partial charge in [0.1, 0.15) is 6.20 Å². The van der Waals surface area contributed by atoms with Crippen LogP contribution in [0.3, 0.4) is 0 Å². The number of nitrogens with zero attached hydrogens (tertiary/aromatic N) is 1. The lowest BCUT2D eigenvalue weighted by atomic mass is 10.1. The number of hydrogen-bond acceptors (Lipinski definition) is 1.